The molecular weight excluding hydrogens is 268 g/mol. The molecule has 1 aliphatic heterocycles. The van der Waals surface area contributed by atoms with Crippen LogP contribution in [0.4, 0.5) is 4.79 Å². The number of likely N-dealkylation sites (tertiary alicyclic amines) is 1. The molecule has 1 heterocycles. The molecule has 0 radical (unpaired) electrons. The second-order valence-corrected chi connectivity index (χ2v) is 6.08. The summed E-state index contributed by atoms with van der Waals surface area (Å²) < 4.78 is 0. The van der Waals surface area contributed by atoms with E-state index in [0.29, 0.717) is 26.2 Å². The average Bonchev–Trinajstić information content (AvgIpc) is 2.46. The highest BCUT2D eigenvalue weighted by Crippen LogP contribution is 2.34. The van der Waals surface area contributed by atoms with Gasteiger partial charge < -0.3 is 14.9 Å². The first kappa shape index (κ1) is 17.3. The van der Waals surface area contributed by atoms with Crippen LogP contribution in [0, 0.1) is 11.3 Å². The molecule has 0 aromatic heterocycles. The predicted molar refractivity (Wildman–Crippen MR) is 83.1 cm³/mol. The van der Waals surface area contributed by atoms with Crippen LogP contribution in [0.3, 0.4) is 0 Å². The molecule has 2 amide bonds. The first-order chi connectivity index (χ1) is 9.84. The van der Waals surface area contributed by atoms with Gasteiger partial charge in [-0.1, -0.05) is 12.2 Å². The smallest absolute Gasteiger partial charge is 0.320 e. The van der Waals surface area contributed by atoms with Crippen LogP contribution in [0.5, 0.6) is 0 Å². The zero-order valence-corrected chi connectivity index (χ0v) is 13.0. The quantitative estimate of drug-likeness (QED) is 0.766. The van der Waals surface area contributed by atoms with Crippen molar-refractivity contribution < 1.29 is 14.7 Å². The van der Waals surface area contributed by atoms with E-state index in [9.17, 15) is 14.7 Å². The lowest BCUT2D eigenvalue weighted by Gasteiger charge is -2.40. The fraction of sp³-hybridized carbons (Fsp3) is 0.625. The third-order valence-electron chi connectivity index (χ3n) is 4.23. The van der Waals surface area contributed by atoms with E-state index in [1.165, 1.54) is 0 Å². The van der Waals surface area contributed by atoms with Gasteiger partial charge in [0.2, 0.25) is 0 Å². The van der Waals surface area contributed by atoms with Crippen molar-refractivity contribution in [2.24, 2.45) is 11.3 Å². The van der Waals surface area contributed by atoms with Gasteiger partial charge in [0.1, 0.15) is 0 Å². The second-order valence-electron chi connectivity index (χ2n) is 6.08. The van der Waals surface area contributed by atoms with Crippen LogP contribution in [0.25, 0.3) is 0 Å². The van der Waals surface area contributed by atoms with Gasteiger partial charge >= 0.3 is 12.0 Å². The molecule has 118 valence electrons. The summed E-state index contributed by atoms with van der Waals surface area (Å²) in [6, 6.07) is -0.0688. The van der Waals surface area contributed by atoms with E-state index < -0.39 is 11.4 Å². The van der Waals surface area contributed by atoms with Crippen LogP contribution in [-0.2, 0) is 4.79 Å². The van der Waals surface area contributed by atoms with Gasteiger partial charge in [-0.25, -0.2) is 4.79 Å². The number of rotatable bonds is 6. The first-order valence-corrected chi connectivity index (χ1v) is 7.33. The molecule has 5 nitrogen and oxygen atoms in total. The topological polar surface area (TPSA) is 60.9 Å². The van der Waals surface area contributed by atoms with E-state index >= 15 is 0 Å². The number of carbonyl (C=O) groups excluding carboxylic acids is 1. The number of hydrogen-bond acceptors (Lipinski definition) is 2. The predicted octanol–water partition coefficient (Wildman–Crippen LogP) is 2.60. The molecule has 1 saturated heterocycles. The first-order valence-electron chi connectivity index (χ1n) is 7.33. The van der Waals surface area contributed by atoms with E-state index in [4.69, 9.17) is 0 Å². The summed E-state index contributed by atoms with van der Waals surface area (Å²) in [6.07, 6.45) is 5.04. The third kappa shape index (κ3) is 4.09. The molecule has 0 aromatic rings. The summed E-state index contributed by atoms with van der Waals surface area (Å²) in [5, 5.41) is 9.36. The number of aliphatic carboxylic acids is 1. The Kier molecular flexibility index (Phi) is 6.00. The maximum atomic E-state index is 12.5. The Hall–Kier alpha value is -1.78. The molecule has 1 fully saturated rings. The van der Waals surface area contributed by atoms with E-state index in [0.717, 1.165) is 12.8 Å². The second kappa shape index (κ2) is 7.29. The lowest BCUT2D eigenvalue weighted by molar-refractivity contribution is -0.151. The van der Waals surface area contributed by atoms with E-state index in [1.807, 2.05) is 0 Å². The summed E-state index contributed by atoms with van der Waals surface area (Å²) in [5.74, 6) is -0.835. The molecule has 5 heteroatoms. The Labute approximate surface area is 126 Å². The molecule has 1 aliphatic rings. The molecule has 0 saturated carbocycles. The highest BCUT2D eigenvalue weighted by Gasteiger charge is 2.40. The number of carboxylic acid groups (broad SMARTS) is 1. The Morgan fingerprint density at radius 1 is 1.33 bits per heavy atom. The molecule has 0 aliphatic carbocycles. The maximum absolute atomic E-state index is 12.5. The molecule has 0 bridgehead atoms. The Morgan fingerprint density at radius 3 is 2.38 bits per heavy atom. The van der Waals surface area contributed by atoms with Crippen molar-refractivity contribution in [1.82, 2.24) is 9.80 Å². The third-order valence-corrected chi connectivity index (χ3v) is 4.23. The SMILES string of the molecule is C=CCN(CC=C)C(=O)N1CCCC(C(C)(C)C(=O)O)C1. The van der Waals surface area contributed by atoms with Gasteiger partial charge in [0, 0.05) is 26.2 Å². The van der Waals surface area contributed by atoms with Gasteiger partial charge in [0.25, 0.3) is 0 Å². The van der Waals surface area contributed by atoms with E-state index in [1.54, 1.807) is 35.8 Å². The molecule has 0 spiro atoms. The number of piperidine rings is 1. The number of amides is 2. The maximum Gasteiger partial charge on any atom is 0.320 e. The highest BCUT2D eigenvalue weighted by molar-refractivity contribution is 5.76. The summed E-state index contributed by atoms with van der Waals surface area (Å²) in [6.45, 7) is 12.9. The van der Waals surface area contributed by atoms with Crippen LogP contribution < -0.4 is 0 Å². The van der Waals surface area contributed by atoms with Crippen molar-refractivity contribution >= 4 is 12.0 Å². The Balaban J connectivity index is 2.79. The molecule has 1 unspecified atom stereocenters. The van der Waals surface area contributed by atoms with Crippen molar-refractivity contribution in [1.29, 1.82) is 0 Å². The average molecular weight is 294 g/mol. The number of nitrogens with zero attached hydrogens (tertiary/aromatic N) is 2. The molecule has 1 rings (SSSR count). The number of urea groups is 1. The van der Waals surface area contributed by atoms with Crippen LogP contribution in [0.15, 0.2) is 25.3 Å². The Morgan fingerprint density at radius 2 is 1.90 bits per heavy atom. The Bertz CT molecular complexity index is 408. The monoisotopic (exact) mass is 294 g/mol. The zero-order valence-electron chi connectivity index (χ0n) is 13.0. The van der Waals surface area contributed by atoms with Crippen molar-refractivity contribution in [2.75, 3.05) is 26.2 Å². The summed E-state index contributed by atoms with van der Waals surface area (Å²) in [7, 11) is 0. The van der Waals surface area contributed by atoms with Crippen molar-refractivity contribution in [3.05, 3.63) is 25.3 Å². The normalized spacial score (nSPS) is 19.0. The van der Waals surface area contributed by atoms with Gasteiger partial charge in [-0.05, 0) is 32.6 Å². The summed E-state index contributed by atoms with van der Waals surface area (Å²) in [4.78, 5) is 27.3. The van der Waals surface area contributed by atoms with E-state index in [-0.39, 0.29) is 11.9 Å². The minimum absolute atomic E-state index is 0.0259. The van der Waals surface area contributed by atoms with Gasteiger partial charge in [-0.15, -0.1) is 13.2 Å². The van der Waals surface area contributed by atoms with Gasteiger partial charge in [0.05, 0.1) is 5.41 Å². The van der Waals surface area contributed by atoms with Crippen LogP contribution in [0.1, 0.15) is 26.7 Å². The van der Waals surface area contributed by atoms with Crippen molar-refractivity contribution in [3.63, 3.8) is 0 Å². The largest absolute Gasteiger partial charge is 0.481 e. The van der Waals surface area contributed by atoms with Crippen LogP contribution in [-0.4, -0.2) is 53.1 Å². The van der Waals surface area contributed by atoms with Gasteiger partial charge in [-0.3, -0.25) is 4.79 Å². The number of carbonyl (C=O) groups is 2. The molecule has 1 N–H and O–H groups in total. The highest BCUT2D eigenvalue weighted by atomic mass is 16.4. The summed E-state index contributed by atoms with van der Waals surface area (Å²) in [5.41, 5.74) is -0.819. The lowest BCUT2D eigenvalue weighted by Crippen LogP contribution is -2.51. The van der Waals surface area contributed by atoms with Crippen molar-refractivity contribution in [2.45, 2.75) is 26.7 Å². The molecular formula is C16H26N2O3. The molecule has 0 aromatic carbocycles. The number of hydrogen-bond donors (Lipinski definition) is 1. The minimum Gasteiger partial charge on any atom is -0.481 e. The van der Waals surface area contributed by atoms with Crippen molar-refractivity contribution in [3.8, 4) is 0 Å². The summed E-state index contributed by atoms with van der Waals surface area (Å²) >= 11 is 0. The van der Waals surface area contributed by atoms with Gasteiger partial charge in [-0.2, -0.15) is 0 Å². The van der Waals surface area contributed by atoms with Gasteiger partial charge in [0.15, 0.2) is 0 Å². The van der Waals surface area contributed by atoms with Crippen LogP contribution >= 0.6 is 0 Å². The standard InChI is InChI=1S/C16H26N2O3/c1-5-9-17(10-6-2)15(21)18-11-7-8-13(12-18)16(3,4)14(19)20/h5-6,13H,1-2,7-12H2,3-4H3,(H,19,20). The molecule has 21 heavy (non-hydrogen) atoms. The zero-order chi connectivity index (χ0) is 16.0. The van der Waals surface area contributed by atoms with E-state index in [2.05, 4.69) is 13.2 Å². The fourth-order valence-corrected chi connectivity index (χ4v) is 2.66. The lowest BCUT2D eigenvalue weighted by atomic mass is 9.74. The number of carboxylic acids is 1. The fourth-order valence-electron chi connectivity index (χ4n) is 2.66. The molecule has 1 atom stereocenters. The van der Waals surface area contributed by atoms with Crippen LogP contribution in [0.2, 0.25) is 0 Å². The minimum atomic E-state index is -0.819.